The summed E-state index contributed by atoms with van der Waals surface area (Å²) in [5.74, 6) is -0.839. The zero-order valence-electron chi connectivity index (χ0n) is 11.0. The van der Waals surface area contributed by atoms with Crippen molar-refractivity contribution < 1.29 is 9.90 Å². The van der Waals surface area contributed by atoms with E-state index in [0.29, 0.717) is 12.2 Å². The minimum absolute atomic E-state index is 0.324. The largest absolute Gasteiger partial charge is 0.481 e. The van der Waals surface area contributed by atoms with Gasteiger partial charge in [0.25, 0.3) is 0 Å². The third-order valence-corrected chi connectivity index (χ3v) is 2.99. The highest BCUT2D eigenvalue weighted by Gasteiger charge is 2.28. The van der Waals surface area contributed by atoms with Gasteiger partial charge in [-0.25, -0.2) is 0 Å². The first kappa shape index (κ1) is 13.1. The van der Waals surface area contributed by atoms with Crippen LogP contribution in [0.15, 0.2) is 36.7 Å². The minimum atomic E-state index is -0.848. The van der Waals surface area contributed by atoms with E-state index in [4.69, 9.17) is 10.8 Å². The van der Waals surface area contributed by atoms with Crippen LogP contribution < -0.4 is 5.73 Å². The number of aliphatic carboxylic acids is 1. The Morgan fingerprint density at radius 2 is 2.16 bits per heavy atom. The summed E-state index contributed by atoms with van der Waals surface area (Å²) < 4.78 is 1.65. The number of nitrogens with two attached hydrogens (primary N) is 1. The number of aromatic nitrogens is 2. The summed E-state index contributed by atoms with van der Waals surface area (Å²) in [6.45, 7) is 3.68. The van der Waals surface area contributed by atoms with E-state index in [2.05, 4.69) is 5.10 Å². The first-order valence-corrected chi connectivity index (χ1v) is 6.00. The fraction of sp³-hybridized carbons (Fsp3) is 0.286. The SMILES string of the molecule is CC(C)(Cn1cc(-c2cccc(N)c2)cn1)C(=O)O. The second kappa shape index (κ2) is 4.76. The number of hydrogen-bond acceptors (Lipinski definition) is 3. The number of carbonyl (C=O) groups is 1. The van der Waals surface area contributed by atoms with Gasteiger partial charge in [-0.15, -0.1) is 0 Å². The Bertz CT molecular complexity index is 602. The predicted molar refractivity (Wildman–Crippen MR) is 73.5 cm³/mol. The van der Waals surface area contributed by atoms with Crippen LogP contribution in [0.4, 0.5) is 5.69 Å². The van der Waals surface area contributed by atoms with Crippen molar-refractivity contribution in [3.8, 4) is 11.1 Å². The van der Waals surface area contributed by atoms with E-state index in [1.165, 1.54) is 0 Å². The van der Waals surface area contributed by atoms with Gasteiger partial charge in [0.05, 0.1) is 18.2 Å². The summed E-state index contributed by atoms with van der Waals surface area (Å²) >= 11 is 0. The molecule has 0 aliphatic heterocycles. The lowest BCUT2D eigenvalue weighted by Crippen LogP contribution is -2.29. The van der Waals surface area contributed by atoms with Crippen LogP contribution in [0.5, 0.6) is 0 Å². The average molecular weight is 259 g/mol. The number of benzene rings is 1. The third kappa shape index (κ3) is 2.93. The molecule has 0 fully saturated rings. The van der Waals surface area contributed by atoms with Crippen LogP contribution in [0, 0.1) is 5.41 Å². The minimum Gasteiger partial charge on any atom is -0.481 e. The predicted octanol–water partition coefficient (Wildman–Crippen LogP) is 2.24. The van der Waals surface area contributed by atoms with Crippen LogP contribution in [0.1, 0.15) is 13.8 Å². The van der Waals surface area contributed by atoms with Gasteiger partial charge in [0.1, 0.15) is 0 Å². The first-order valence-electron chi connectivity index (χ1n) is 6.00. The smallest absolute Gasteiger partial charge is 0.310 e. The maximum Gasteiger partial charge on any atom is 0.310 e. The Morgan fingerprint density at radius 1 is 1.42 bits per heavy atom. The number of nitrogens with zero attached hydrogens (tertiary/aromatic N) is 2. The molecule has 0 atom stereocenters. The lowest BCUT2D eigenvalue weighted by Gasteiger charge is -2.18. The van der Waals surface area contributed by atoms with Crippen LogP contribution in [-0.2, 0) is 11.3 Å². The number of hydrogen-bond donors (Lipinski definition) is 2. The Labute approximate surface area is 111 Å². The van der Waals surface area contributed by atoms with Crippen LogP contribution >= 0.6 is 0 Å². The van der Waals surface area contributed by atoms with Gasteiger partial charge in [0.15, 0.2) is 0 Å². The molecule has 0 aliphatic carbocycles. The number of carboxylic acid groups (broad SMARTS) is 1. The van der Waals surface area contributed by atoms with Crippen molar-refractivity contribution in [2.45, 2.75) is 20.4 Å². The molecule has 0 spiro atoms. The second-order valence-corrected chi connectivity index (χ2v) is 5.24. The highest BCUT2D eigenvalue weighted by Crippen LogP contribution is 2.23. The normalized spacial score (nSPS) is 11.5. The fourth-order valence-electron chi connectivity index (χ4n) is 1.79. The molecule has 1 aromatic heterocycles. The molecule has 1 aromatic carbocycles. The van der Waals surface area contributed by atoms with Crippen LogP contribution in [0.3, 0.4) is 0 Å². The number of nitrogen functional groups attached to an aromatic ring is 1. The van der Waals surface area contributed by atoms with Crippen LogP contribution in [-0.4, -0.2) is 20.9 Å². The second-order valence-electron chi connectivity index (χ2n) is 5.24. The molecule has 0 unspecified atom stereocenters. The number of anilines is 1. The van der Waals surface area contributed by atoms with Gasteiger partial charge in [-0.3, -0.25) is 9.48 Å². The quantitative estimate of drug-likeness (QED) is 0.825. The summed E-state index contributed by atoms with van der Waals surface area (Å²) in [4.78, 5) is 11.1. The van der Waals surface area contributed by atoms with E-state index in [1.54, 1.807) is 24.7 Å². The number of carboxylic acids is 1. The highest BCUT2D eigenvalue weighted by atomic mass is 16.4. The molecule has 100 valence electrons. The molecule has 5 heteroatoms. The Balaban J connectivity index is 2.23. The van der Waals surface area contributed by atoms with Gasteiger partial charge in [-0.2, -0.15) is 5.10 Å². The van der Waals surface area contributed by atoms with Crippen molar-refractivity contribution in [3.05, 3.63) is 36.7 Å². The van der Waals surface area contributed by atoms with Crippen LogP contribution in [0.2, 0.25) is 0 Å². The zero-order chi connectivity index (χ0) is 14.0. The van der Waals surface area contributed by atoms with Gasteiger partial charge in [-0.05, 0) is 31.5 Å². The molecule has 0 radical (unpaired) electrons. The molecule has 0 saturated heterocycles. The number of rotatable bonds is 4. The van der Waals surface area contributed by atoms with Gasteiger partial charge >= 0.3 is 5.97 Å². The summed E-state index contributed by atoms with van der Waals surface area (Å²) in [6.07, 6.45) is 3.55. The summed E-state index contributed by atoms with van der Waals surface area (Å²) in [5.41, 5.74) is 7.48. The highest BCUT2D eigenvalue weighted by molar-refractivity contribution is 5.73. The first-order chi connectivity index (χ1) is 8.88. The molecule has 3 N–H and O–H groups in total. The Kier molecular flexibility index (Phi) is 3.29. The summed E-state index contributed by atoms with van der Waals surface area (Å²) in [6, 6.07) is 7.51. The standard InChI is InChI=1S/C14H17N3O2/c1-14(2,13(18)19)9-17-8-11(7-16-17)10-4-3-5-12(15)6-10/h3-8H,9,15H2,1-2H3,(H,18,19). The molecule has 0 aliphatic rings. The van der Waals surface area contributed by atoms with Crippen LogP contribution in [0.25, 0.3) is 11.1 Å². The van der Waals surface area contributed by atoms with Gasteiger partial charge in [0.2, 0.25) is 0 Å². The monoisotopic (exact) mass is 259 g/mol. The van der Waals surface area contributed by atoms with Crippen molar-refractivity contribution in [2.75, 3.05) is 5.73 Å². The van der Waals surface area contributed by atoms with E-state index < -0.39 is 11.4 Å². The molecule has 5 nitrogen and oxygen atoms in total. The molecule has 2 rings (SSSR count). The summed E-state index contributed by atoms with van der Waals surface area (Å²) in [7, 11) is 0. The van der Waals surface area contributed by atoms with E-state index in [0.717, 1.165) is 11.1 Å². The topological polar surface area (TPSA) is 81.1 Å². The van der Waals surface area contributed by atoms with Gasteiger partial charge in [-0.1, -0.05) is 12.1 Å². The molecule has 19 heavy (non-hydrogen) atoms. The van der Waals surface area contributed by atoms with Gasteiger partial charge < -0.3 is 10.8 Å². The van der Waals surface area contributed by atoms with Crippen molar-refractivity contribution in [1.29, 1.82) is 0 Å². The van der Waals surface area contributed by atoms with Crippen molar-refractivity contribution in [1.82, 2.24) is 9.78 Å². The fourth-order valence-corrected chi connectivity index (χ4v) is 1.79. The molecule has 1 heterocycles. The van der Waals surface area contributed by atoms with E-state index in [-0.39, 0.29) is 0 Å². The Morgan fingerprint density at radius 3 is 2.79 bits per heavy atom. The van der Waals surface area contributed by atoms with E-state index >= 15 is 0 Å². The lowest BCUT2D eigenvalue weighted by atomic mass is 9.94. The van der Waals surface area contributed by atoms with Gasteiger partial charge in [0, 0.05) is 17.4 Å². The van der Waals surface area contributed by atoms with Crippen molar-refractivity contribution >= 4 is 11.7 Å². The van der Waals surface area contributed by atoms with E-state index in [9.17, 15) is 4.79 Å². The maximum atomic E-state index is 11.1. The molecular formula is C14H17N3O2. The lowest BCUT2D eigenvalue weighted by molar-refractivity contribution is -0.147. The third-order valence-electron chi connectivity index (χ3n) is 2.99. The van der Waals surface area contributed by atoms with Crippen molar-refractivity contribution in [2.24, 2.45) is 5.41 Å². The maximum absolute atomic E-state index is 11.1. The van der Waals surface area contributed by atoms with E-state index in [1.807, 2.05) is 30.5 Å². The Hall–Kier alpha value is -2.30. The summed E-state index contributed by atoms with van der Waals surface area (Å²) in [5, 5.41) is 13.3. The molecular weight excluding hydrogens is 242 g/mol. The molecule has 2 aromatic rings. The molecule has 0 saturated carbocycles. The zero-order valence-corrected chi connectivity index (χ0v) is 11.0. The van der Waals surface area contributed by atoms with Crippen molar-refractivity contribution in [3.63, 3.8) is 0 Å². The molecule has 0 bridgehead atoms. The molecule has 0 amide bonds. The average Bonchev–Trinajstić information content (AvgIpc) is 2.76.